The molecule has 1 saturated heterocycles. The highest BCUT2D eigenvalue weighted by Gasteiger charge is 2.18. The zero-order valence-electron chi connectivity index (χ0n) is 12.1. The van der Waals surface area contributed by atoms with Gasteiger partial charge in [-0.2, -0.15) is 0 Å². The van der Waals surface area contributed by atoms with Crippen LogP contribution in [0.5, 0.6) is 0 Å². The Morgan fingerprint density at radius 3 is 3.20 bits per heavy atom. The number of nitrogens with one attached hydrogen (secondary N) is 2. The van der Waals surface area contributed by atoms with Crippen molar-refractivity contribution >= 4 is 5.82 Å². The minimum atomic E-state index is 0.457. The molecule has 1 unspecified atom stereocenters. The Morgan fingerprint density at radius 2 is 2.30 bits per heavy atom. The number of fused-ring (bicyclic) bond motifs is 1. The molecule has 2 atom stereocenters. The number of hydrogen-bond acceptors (Lipinski definition) is 4. The van der Waals surface area contributed by atoms with Gasteiger partial charge in [0, 0.05) is 25.4 Å². The molecule has 4 nitrogen and oxygen atoms in total. The van der Waals surface area contributed by atoms with Crippen LogP contribution in [0.2, 0.25) is 0 Å². The van der Waals surface area contributed by atoms with Gasteiger partial charge in [-0.05, 0) is 56.7 Å². The summed E-state index contributed by atoms with van der Waals surface area (Å²) in [5.41, 5.74) is 1.36. The summed E-state index contributed by atoms with van der Waals surface area (Å²) in [4.78, 5) is 4.42. The molecule has 4 heteroatoms. The summed E-state index contributed by atoms with van der Waals surface area (Å²) in [6.45, 7) is 3.06. The molecule has 3 rings (SSSR count). The van der Waals surface area contributed by atoms with Crippen LogP contribution in [0.15, 0.2) is 18.3 Å². The number of aryl methyl sites for hydroxylation is 1. The normalized spacial score (nSPS) is 25.2. The highest BCUT2D eigenvalue weighted by Crippen LogP contribution is 2.24. The van der Waals surface area contributed by atoms with Gasteiger partial charge in [0.05, 0.1) is 6.10 Å². The number of nitrogens with zero attached hydrogens (tertiary/aromatic N) is 1. The molecule has 3 heterocycles. The summed E-state index contributed by atoms with van der Waals surface area (Å²) < 4.78 is 5.85. The van der Waals surface area contributed by atoms with E-state index in [2.05, 4.69) is 21.7 Å². The lowest BCUT2D eigenvalue weighted by molar-refractivity contribution is 0.0640. The standard InChI is InChI=1S/C16H25N3O/c1(2-11-20-15-8-10-17-12-15)5-14-7-6-13-4-3-9-18-16(13)19-14/h3-4,9,14-15,17H,1-2,5-8,10-12H2,(H,18,19)/t14?,15-/m1/s1. The lowest BCUT2D eigenvalue weighted by Crippen LogP contribution is -2.26. The van der Waals surface area contributed by atoms with Crippen LogP contribution in [0, 0.1) is 0 Å². The van der Waals surface area contributed by atoms with Crippen molar-refractivity contribution in [1.29, 1.82) is 0 Å². The Bertz CT molecular complexity index is 418. The second-order valence-electron chi connectivity index (χ2n) is 5.87. The zero-order chi connectivity index (χ0) is 13.6. The van der Waals surface area contributed by atoms with Crippen molar-refractivity contribution in [3.8, 4) is 0 Å². The fourth-order valence-corrected chi connectivity index (χ4v) is 3.10. The minimum Gasteiger partial charge on any atom is -0.377 e. The van der Waals surface area contributed by atoms with Crippen LogP contribution in [0.4, 0.5) is 5.82 Å². The molecule has 0 saturated carbocycles. The first-order chi connectivity index (χ1) is 9.92. The molecular formula is C16H25N3O. The van der Waals surface area contributed by atoms with E-state index in [9.17, 15) is 0 Å². The summed E-state index contributed by atoms with van der Waals surface area (Å²) in [7, 11) is 0. The van der Waals surface area contributed by atoms with Crippen LogP contribution in [0.1, 0.15) is 37.7 Å². The topological polar surface area (TPSA) is 46.2 Å². The Balaban J connectivity index is 1.31. The predicted octanol–water partition coefficient (Wildman–Crippen LogP) is 2.36. The van der Waals surface area contributed by atoms with Gasteiger partial charge in [-0.3, -0.25) is 0 Å². The maximum atomic E-state index is 5.85. The number of hydrogen-bond donors (Lipinski definition) is 2. The maximum Gasteiger partial charge on any atom is 0.129 e. The average molecular weight is 275 g/mol. The molecule has 1 aromatic heterocycles. The lowest BCUT2D eigenvalue weighted by atomic mass is 9.97. The minimum absolute atomic E-state index is 0.457. The van der Waals surface area contributed by atoms with E-state index in [4.69, 9.17) is 4.74 Å². The first kappa shape index (κ1) is 13.8. The number of aromatic nitrogens is 1. The number of anilines is 1. The molecule has 0 spiro atoms. The van der Waals surface area contributed by atoms with Gasteiger partial charge in [0.15, 0.2) is 0 Å². The molecule has 0 radical (unpaired) electrons. The van der Waals surface area contributed by atoms with Gasteiger partial charge in [0.2, 0.25) is 0 Å². The Hall–Kier alpha value is -1.13. The van der Waals surface area contributed by atoms with E-state index in [1.54, 1.807) is 0 Å². The third-order valence-electron chi connectivity index (χ3n) is 4.31. The first-order valence-corrected chi connectivity index (χ1v) is 7.94. The first-order valence-electron chi connectivity index (χ1n) is 7.94. The number of ether oxygens (including phenoxy) is 1. The Labute approximate surface area is 121 Å². The fourth-order valence-electron chi connectivity index (χ4n) is 3.10. The van der Waals surface area contributed by atoms with Crippen molar-refractivity contribution in [2.45, 2.75) is 50.7 Å². The van der Waals surface area contributed by atoms with Crippen LogP contribution in [-0.4, -0.2) is 36.8 Å². The molecule has 1 aromatic rings. The van der Waals surface area contributed by atoms with Gasteiger partial charge in [-0.15, -0.1) is 0 Å². The van der Waals surface area contributed by atoms with Crippen molar-refractivity contribution < 1.29 is 4.74 Å². The second-order valence-corrected chi connectivity index (χ2v) is 5.87. The SMILES string of the molecule is c1cnc2c(c1)CCC(CCCCO[C@@H]1CCNC1)N2. The molecule has 110 valence electrons. The lowest BCUT2D eigenvalue weighted by Gasteiger charge is -2.26. The molecule has 2 N–H and O–H groups in total. The quantitative estimate of drug-likeness (QED) is 0.782. The highest BCUT2D eigenvalue weighted by atomic mass is 16.5. The third-order valence-corrected chi connectivity index (χ3v) is 4.31. The van der Waals surface area contributed by atoms with Gasteiger partial charge in [0.25, 0.3) is 0 Å². The Morgan fingerprint density at radius 1 is 1.30 bits per heavy atom. The molecule has 0 bridgehead atoms. The molecule has 0 aromatic carbocycles. The molecule has 0 aliphatic carbocycles. The second kappa shape index (κ2) is 7.04. The van der Waals surface area contributed by atoms with Crippen molar-refractivity contribution in [3.63, 3.8) is 0 Å². The molecule has 2 aliphatic rings. The number of pyridine rings is 1. The third kappa shape index (κ3) is 3.70. The smallest absolute Gasteiger partial charge is 0.129 e. The van der Waals surface area contributed by atoms with E-state index in [0.717, 1.165) is 31.9 Å². The molecule has 2 aliphatic heterocycles. The van der Waals surface area contributed by atoms with Crippen molar-refractivity contribution in [3.05, 3.63) is 23.9 Å². The molecule has 20 heavy (non-hydrogen) atoms. The van der Waals surface area contributed by atoms with Crippen LogP contribution in [-0.2, 0) is 11.2 Å². The van der Waals surface area contributed by atoms with Gasteiger partial charge in [-0.1, -0.05) is 6.07 Å². The Kier molecular flexibility index (Phi) is 4.87. The van der Waals surface area contributed by atoms with E-state index in [1.165, 1.54) is 37.7 Å². The summed E-state index contributed by atoms with van der Waals surface area (Å²) >= 11 is 0. The van der Waals surface area contributed by atoms with Crippen LogP contribution >= 0.6 is 0 Å². The van der Waals surface area contributed by atoms with Crippen LogP contribution in [0.3, 0.4) is 0 Å². The number of rotatable bonds is 6. The number of unbranched alkanes of at least 4 members (excludes halogenated alkanes) is 1. The summed E-state index contributed by atoms with van der Waals surface area (Å²) in [6.07, 6.45) is 9.52. The summed E-state index contributed by atoms with van der Waals surface area (Å²) in [6, 6.07) is 4.79. The van der Waals surface area contributed by atoms with Gasteiger partial charge in [-0.25, -0.2) is 4.98 Å². The maximum absolute atomic E-state index is 5.85. The monoisotopic (exact) mass is 275 g/mol. The zero-order valence-corrected chi connectivity index (χ0v) is 12.1. The van der Waals surface area contributed by atoms with Gasteiger partial charge >= 0.3 is 0 Å². The van der Waals surface area contributed by atoms with Gasteiger partial charge in [0.1, 0.15) is 5.82 Å². The van der Waals surface area contributed by atoms with E-state index >= 15 is 0 Å². The van der Waals surface area contributed by atoms with E-state index < -0.39 is 0 Å². The van der Waals surface area contributed by atoms with Gasteiger partial charge < -0.3 is 15.4 Å². The molecule has 0 amide bonds. The van der Waals surface area contributed by atoms with E-state index in [1.807, 2.05) is 12.3 Å². The molecular weight excluding hydrogens is 250 g/mol. The van der Waals surface area contributed by atoms with Crippen LogP contribution < -0.4 is 10.6 Å². The average Bonchev–Trinajstić information content (AvgIpc) is 3.00. The van der Waals surface area contributed by atoms with Crippen LogP contribution in [0.25, 0.3) is 0 Å². The van der Waals surface area contributed by atoms with E-state index in [-0.39, 0.29) is 0 Å². The fraction of sp³-hybridized carbons (Fsp3) is 0.688. The van der Waals surface area contributed by atoms with Crippen molar-refractivity contribution in [2.24, 2.45) is 0 Å². The van der Waals surface area contributed by atoms with Crippen molar-refractivity contribution in [2.75, 3.05) is 25.0 Å². The summed E-state index contributed by atoms with van der Waals surface area (Å²) in [5, 5.41) is 6.90. The summed E-state index contributed by atoms with van der Waals surface area (Å²) in [5.74, 6) is 1.09. The predicted molar refractivity (Wildman–Crippen MR) is 81.0 cm³/mol. The molecule has 1 fully saturated rings. The largest absolute Gasteiger partial charge is 0.377 e. The van der Waals surface area contributed by atoms with E-state index in [0.29, 0.717) is 12.1 Å². The van der Waals surface area contributed by atoms with Crippen molar-refractivity contribution in [1.82, 2.24) is 10.3 Å². The highest BCUT2D eigenvalue weighted by molar-refractivity contribution is 5.46.